The van der Waals surface area contributed by atoms with Crippen LogP contribution in [-0.2, 0) is 13.1 Å². The first-order valence-electron chi connectivity index (χ1n) is 27.4. The monoisotopic (exact) mass is 1040 g/mol. The molecule has 4 heterocycles. The molecule has 0 atom stereocenters. The number of nitrogens with zero attached hydrogens (tertiary/aromatic N) is 6. The summed E-state index contributed by atoms with van der Waals surface area (Å²) >= 11 is 0. The summed E-state index contributed by atoms with van der Waals surface area (Å²) in [5, 5.41) is 4.75. The van der Waals surface area contributed by atoms with Gasteiger partial charge >= 0.3 is 0 Å². The van der Waals surface area contributed by atoms with E-state index in [2.05, 4.69) is 251 Å². The molecule has 0 spiro atoms. The lowest BCUT2D eigenvalue weighted by atomic mass is 9.99. The number of methoxy groups -OCH3 is 2. The molecule has 8 nitrogen and oxygen atoms in total. The molecular weight excluding hydrogens is 981 g/mol. The minimum atomic E-state index is 0.800. The summed E-state index contributed by atoms with van der Waals surface area (Å²) in [6.07, 6.45) is 0. The minimum absolute atomic E-state index is 0.800. The molecule has 386 valence electrons. The first-order chi connectivity index (χ1) is 39.5. The van der Waals surface area contributed by atoms with Gasteiger partial charge in [-0.1, -0.05) is 133 Å². The van der Waals surface area contributed by atoms with Crippen molar-refractivity contribution in [1.82, 2.24) is 28.2 Å². The topological polar surface area (TPSA) is 64.0 Å². The first kappa shape index (κ1) is 48.2. The molecule has 8 heteroatoms. The molecule has 0 aliphatic rings. The van der Waals surface area contributed by atoms with Gasteiger partial charge in [-0.3, -0.25) is 9.13 Å². The van der Waals surface area contributed by atoms with E-state index in [4.69, 9.17) is 19.4 Å². The van der Waals surface area contributed by atoms with Crippen LogP contribution < -0.4 is 9.47 Å². The maximum atomic E-state index is 5.64. The van der Waals surface area contributed by atoms with E-state index < -0.39 is 0 Å². The Kier molecular flexibility index (Phi) is 12.0. The Balaban J connectivity index is 0.940. The lowest BCUT2D eigenvalue weighted by Crippen LogP contribution is -2.00. The maximum Gasteiger partial charge on any atom is 0.145 e. The van der Waals surface area contributed by atoms with Crippen LogP contribution in [0.2, 0.25) is 0 Å². The first-order valence-corrected chi connectivity index (χ1v) is 27.4. The predicted octanol–water partition coefficient (Wildman–Crippen LogP) is 18.0. The van der Waals surface area contributed by atoms with Crippen LogP contribution in [-0.4, -0.2) is 42.5 Å². The van der Waals surface area contributed by atoms with Crippen LogP contribution in [0.3, 0.4) is 0 Å². The van der Waals surface area contributed by atoms with Gasteiger partial charge in [0.05, 0.1) is 37.0 Å². The van der Waals surface area contributed by atoms with E-state index in [1.165, 1.54) is 43.6 Å². The van der Waals surface area contributed by atoms with Crippen LogP contribution in [0.5, 0.6) is 11.5 Å². The highest BCUT2D eigenvalue weighted by Crippen LogP contribution is 2.44. The third-order valence-corrected chi connectivity index (χ3v) is 15.8. The van der Waals surface area contributed by atoms with Crippen LogP contribution in [0.25, 0.3) is 134 Å². The number of imidazole rings is 2. The summed E-state index contributed by atoms with van der Waals surface area (Å²) in [5.41, 5.74) is 19.3. The smallest absolute Gasteiger partial charge is 0.145 e. The number of hydrogen-bond donors (Lipinski definition) is 0. The zero-order valence-electron chi connectivity index (χ0n) is 45.0. The number of ether oxygens (including phenoxy) is 2. The summed E-state index contributed by atoms with van der Waals surface area (Å²) < 4.78 is 20.8. The van der Waals surface area contributed by atoms with Crippen molar-refractivity contribution >= 4 is 43.6 Å². The quantitative estimate of drug-likeness (QED) is 0.115. The molecule has 0 saturated heterocycles. The van der Waals surface area contributed by atoms with Crippen LogP contribution in [0.4, 0.5) is 0 Å². The molecule has 0 fully saturated rings. The van der Waals surface area contributed by atoms with E-state index in [1.54, 1.807) is 14.2 Å². The highest BCUT2D eigenvalue weighted by molar-refractivity contribution is 6.13. The van der Waals surface area contributed by atoms with Crippen LogP contribution >= 0.6 is 0 Å². The van der Waals surface area contributed by atoms with Crippen molar-refractivity contribution in [3.63, 3.8) is 0 Å². The number of benzene rings is 10. The lowest BCUT2D eigenvalue weighted by Gasteiger charge is -2.14. The highest BCUT2D eigenvalue weighted by Gasteiger charge is 2.26. The van der Waals surface area contributed by atoms with Gasteiger partial charge in [-0.2, -0.15) is 0 Å². The zero-order valence-corrected chi connectivity index (χ0v) is 45.0. The Morgan fingerprint density at radius 3 is 0.925 bits per heavy atom. The van der Waals surface area contributed by atoms with Crippen LogP contribution in [0.15, 0.2) is 243 Å². The lowest BCUT2D eigenvalue weighted by molar-refractivity contribution is 0.414. The van der Waals surface area contributed by atoms with Gasteiger partial charge < -0.3 is 18.6 Å². The van der Waals surface area contributed by atoms with Gasteiger partial charge in [0.1, 0.15) is 23.1 Å². The van der Waals surface area contributed by atoms with E-state index in [-0.39, 0.29) is 0 Å². The number of rotatable bonds is 13. The molecule has 4 aromatic heterocycles. The van der Waals surface area contributed by atoms with Gasteiger partial charge in [0.2, 0.25) is 0 Å². The van der Waals surface area contributed by atoms with Gasteiger partial charge in [0.15, 0.2) is 0 Å². The summed E-state index contributed by atoms with van der Waals surface area (Å²) in [4.78, 5) is 11.2. The predicted molar refractivity (Wildman–Crippen MR) is 329 cm³/mol. The number of fused-ring (bicyclic) bond motifs is 6. The van der Waals surface area contributed by atoms with Crippen molar-refractivity contribution in [1.29, 1.82) is 0 Å². The normalized spacial score (nSPS) is 11.6. The molecule has 0 unspecified atom stereocenters. The molecule has 0 aliphatic carbocycles. The third-order valence-electron chi connectivity index (χ3n) is 15.8. The molecule has 0 aliphatic heterocycles. The van der Waals surface area contributed by atoms with E-state index in [1.807, 2.05) is 24.3 Å². The van der Waals surface area contributed by atoms with Crippen LogP contribution in [0, 0.1) is 0 Å². The molecule has 14 rings (SSSR count). The third kappa shape index (κ3) is 8.06. The summed E-state index contributed by atoms with van der Waals surface area (Å²) in [6, 6.07) is 86.5. The molecular formula is C72H56N6O2. The van der Waals surface area contributed by atoms with Crippen molar-refractivity contribution < 1.29 is 9.47 Å². The van der Waals surface area contributed by atoms with Gasteiger partial charge in [0.25, 0.3) is 0 Å². The number of aromatic nitrogens is 6. The van der Waals surface area contributed by atoms with Gasteiger partial charge in [0, 0.05) is 101 Å². The second-order valence-corrected chi connectivity index (χ2v) is 20.2. The Morgan fingerprint density at radius 1 is 0.312 bits per heavy atom. The second-order valence-electron chi connectivity index (χ2n) is 20.2. The van der Waals surface area contributed by atoms with E-state index in [0.29, 0.717) is 0 Å². The standard InChI is InChI=1S/C72H56N6O2/c1-5-75-63-39-27-51(43-59(63)61-45-53(29-41-65(61)75)71-73-67(47-19-11-7-12-20-47)69(49-23-15-9-16-24-49)77(71)55-31-35-57(79-3)36-32-55)52-28-40-64-60(44-52)62-46-54(30-42-66(62)76(64)6-2)72-74-68(48-21-13-8-14-22-48)70(50-25-17-10-18-26-50)78(72)56-33-37-58(80-4)38-34-56/h7-46H,5-6H2,1-4H3. The molecule has 0 bridgehead atoms. The SMILES string of the molecule is CCn1c2ccc(-c3ccc4c(c3)c3cc(-c5nc(-c6ccccc6)c(-c6ccccc6)n5-c5ccc(OC)cc5)ccc3n4CC)cc2c2cc(-c3nc(-c4ccccc4)c(-c4ccccc4)n3-c3ccc(OC)cc3)ccc21. The van der Waals surface area contributed by atoms with Crippen LogP contribution in [0.1, 0.15) is 13.8 Å². The van der Waals surface area contributed by atoms with E-state index in [0.717, 1.165) is 115 Å². The Labute approximate surface area is 464 Å². The molecule has 10 aromatic carbocycles. The molecule has 0 radical (unpaired) electrons. The van der Waals surface area contributed by atoms with E-state index >= 15 is 0 Å². The Hall–Kier alpha value is -10.2. The molecule has 0 amide bonds. The highest BCUT2D eigenvalue weighted by atomic mass is 16.5. The van der Waals surface area contributed by atoms with Crippen molar-refractivity contribution in [2.45, 2.75) is 26.9 Å². The van der Waals surface area contributed by atoms with Gasteiger partial charge in [-0.15, -0.1) is 0 Å². The molecule has 14 aromatic rings. The maximum absolute atomic E-state index is 5.64. The number of aryl methyl sites for hydroxylation is 2. The fourth-order valence-corrected chi connectivity index (χ4v) is 12.0. The largest absolute Gasteiger partial charge is 0.497 e. The van der Waals surface area contributed by atoms with Gasteiger partial charge in [-0.05, 0) is 134 Å². The van der Waals surface area contributed by atoms with Crippen molar-refractivity contribution in [3.05, 3.63) is 243 Å². The summed E-state index contributed by atoms with van der Waals surface area (Å²) in [5.74, 6) is 3.32. The summed E-state index contributed by atoms with van der Waals surface area (Å²) in [6.45, 7) is 6.12. The fourth-order valence-electron chi connectivity index (χ4n) is 12.0. The van der Waals surface area contributed by atoms with Crippen molar-refractivity contribution in [2.75, 3.05) is 14.2 Å². The van der Waals surface area contributed by atoms with Crippen molar-refractivity contribution in [3.8, 4) is 102 Å². The van der Waals surface area contributed by atoms with E-state index in [9.17, 15) is 0 Å². The molecule has 0 N–H and O–H groups in total. The van der Waals surface area contributed by atoms with Gasteiger partial charge in [-0.25, -0.2) is 9.97 Å². The zero-order chi connectivity index (χ0) is 53.8. The number of hydrogen-bond acceptors (Lipinski definition) is 4. The fraction of sp³-hybridized carbons (Fsp3) is 0.0833. The minimum Gasteiger partial charge on any atom is -0.497 e. The second kappa shape index (κ2) is 20.0. The Morgan fingerprint density at radius 2 is 0.613 bits per heavy atom. The molecule has 0 saturated carbocycles. The summed E-state index contributed by atoms with van der Waals surface area (Å²) in [7, 11) is 3.41. The molecule has 80 heavy (non-hydrogen) atoms. The average molecular weight is 1040 g/mol. The van der Waals surface area contributed by atoms with Crippen molar-refractivity contribution in [2.24, 2.45) is 0 Å². The average Bonchev–Trinajstić information content (AvgIpc) is 4.50. The Bertz CT molecular complexity index is 4300.